The number of hydrogen-bond acceptors (Lipinski definition) is 4. The molecule has 0 heterocycles. The first-order chi connectivity index (χ1) is 7.08. The van der Waals surface area contributed by atoms with Crippen LogP contribution in [0.1, 0.15) is 12.8 Å². The quantitative estimate of drug-likeness (QED) is 0.380. The summed E-state index contributed by atoms with van der Waals surface area (Å²) in [5.41, 5.74) is -1.34. The third-order valence-electron chi connectivity index (χ3n) is 2.14. The van der Waals surface area contributed by atoms with Gasteiger partial charge in [0.1, 0.15) is 0 Å². The zero-order valence-electron chi connectivity index (χ0n) is 9.12. The molecule has 0 aromatic heterocycles. The second kappa shape index (κ2) is 6.01. The average molecular weight is 212 g/mol. The summed E-state index contributed by atoms with van der Waals surface area (Å²) in [6.45, 7) is 7.02. The Labute approximate surface area is 89.6 Å². The lowest BCUT2D eigenvalue weighted by molar-refractivity contribution is -0.168. The SMILES string of the molecule is C=CCC(CC=C)(C(=O)OC)C(=O)OC. The van der Waals surface area contributed by atoms with Gasteiger partial charge in [0.15, 0.2) is 5.41 Å². The molecular weight excluding hydrogens is 196 g/mol. The van der Waals surface area contributed by atoms with Crippen molar-refractivity contribution in [1.82, 2.24) is 0 Å². The maximum Gasteiger partial charge on any atom is 0.323 e. The monoisotopic (exact) mass is 212 g/mol. The predicted molar refractivity (Wildman–Crippen MR) is 56.1 cm³/mol. The maximum absolute atomic E-state index is 11.6. The van der Waals surface area contributed by atoms with Crippen LogP contribution in [-0.4, -0.2) is 26.2 Å². The molecule has 0 atom stereocenters. The summed E-state index contributed by atoms with van der Waals surface area (Å²) in [7, 11) is 2.46. The van der Waals surface area contributed by atoms with Gasteiger partial charge >= 0.3 is 11.9 Å². The van der Waals surface area contributed by atoms with Crippen LogP contribution in [0.25, 0.3) is 0 Å². The Morgan fingerprint density at radius 2 is 1.40 bits per heavy atom. The zero-order chi connectivity index (χ0) is 11.9. The number of carbonyl (C=O) groups is 2. The Balaban J connectivity index is 5.22. The highest BCUT2D eigenvalue weighted by atomic mass is 16.5. The molecule has 0 aromatic carbocycles. The van der Waals surface area contributed by atoms with Crippen molar-refractivity contribution in [3.63, 3.8) is 0 Å². The van der Waals surface area contributed by atoms with Crippen molar-refractivity contribution in [2.45, 2.75) is 12.8 Å². The van der Waals surface area contributed by atoms with Gasteiger partial charge in [0.25, 0.3) is 0 Å². The maximum atomic E-state index is 11.6. The van der Waals surface area contributed by atoms with Gasteiger partial charge in [-0.1, -0.05) is 12.2 Å². The summed E-state index contributed by atoms with van der Waals surface area (Å²) in [6.07, 6.45) is 3.30. The number of methoxy groups -OCH3 is 2. The van der Waals surface area contributed by atoms with Crippen LogP contribution in [0.5, 0.6) is 0 Å². The molecule has 0 aliphatic carbocycles. The molecule has 4 nitrogen and oxygen atoms in total. The van der Waals surface area contributed by atoms with Crippen LogP contribution in [0.4, 0.5) is 0 Å². The van der Waals surface area contributed by atoms with Gasteiger partial charge < -0.3 is 9.47 Å². The van der Waals surface area contributed by atoms with E-state index in [1.165, 1.54) is 26.4 Å². The molecule has 0 fully saturated rings. The van der Waals surface area contributed by atoms with Gasteiger partial charge in [0.2, 0.25) is 0 Å². The van der Waals surface area contributed by atoms with E-state index in [-0.39, 0.29) is 12.8 Å². The first-order valence-corrected chi connectivity index (χ1v) is 4.47. The normalized spacial score (nSPS) is 10.3. The van der Waals surface area contributed by atoms with E-state index < -0.39 is 17.4 Å². The van der Waals surface area contributed by atoms with Crippen molar-refractivity contribution in [3.8, 4) is 0 Å². The van der Waals surface area contributed by atoms with E-state index in [4.69, 9.17) is 0 Å². The molecule has 15 heavy (non-hydrogen) atoms. The molecule has 0 saturated carbocycles. The van der Waals surface area contributed by atoms with Gasteiger partial charge in [-0.3, -0.25) is 9.59 Å². The number of ether oxygens (including phenoxy) is 2. The fraction of sp³-hybridized carbons (Fsp3) is 0.455. The lowest BCUT2D eigenvalue weighted by Crippen LogP contribution is -2.40. The van der Waals surface area contributed by atoms with E-state index in [9.17, 15) is 9.59 Å². The second-order valence-electron chi connectivity index (χ2n) is 3.05. The van der Waals surface area contributed by atoms with Gasteiger partial charge in [-0.15, -0.1) is 13.2 Å². The van der Waals surface area contributed by atoms with Crippen LogP contribution in [0, 0.1) is 5.41 Å². The highest BCUT2D eigenvalue weighted by Gasteiger charge is 2.46. The Kier molecular flexibility index (Phi) is 5.37. The van der Waals surface area contributed by atoms with Crippen molar-refractivity contribution in [1.29, 1.82) is 0 Å². The lowest BCUT2D eigenvalue weighted by atomic mass is 9.81. The third-order valence-corrected chi connectivity index (χ3v) is 2.14. The molecule has 0 N–H and O–H groups in total. The molecule has 84 valence electrons. The summed E-state index contributed by atoms with van der Waals surface area (Å²) in [5.74, 6) is -1.26. The number of allylic oxidation sites excluding steroid dienone is 2. The molecule has 0 aliphatic heterocycles. The van der Waals surface area contributed by atoms with Crippen molar-refractivity contribution < 1.29 is 19.1 Å². The molecule has 4 heteroatoms. The Morgan fingerprint density at radius 3 is 1.60 bits per heavy atom. The third kappa shape index (κ3) is 2.68. The van der Waals surface area contributed by atoms with Crippen molar-refractivity contribution in [2.75, 3.05) is 14.2 Å². The first-order valence-electron chi connectivity index (χ1n) is 4.47. The molecule has 0 radical (unpaired) electrons. The van der Waals surface area contributed by atoms with E-state index in [1.54, 1.807) is 0 Å². The summed E-state index contributed by atoms with van der Waals surface area (Å²) in [5, 5.41) is 0. The largest absolute Gasteiger partial charge is 0.468 e. The Hall–Kier alpha value is -1.58. The average Bonchev–Trinajstić information content (AvgIpc) is 2.26. The Bertz CT molecular complexity index is 240. The standard InChI is InChI=1S/C11H16O4/c1-5-7-11(8-6-2,9(12)14-3)10(13)15-4/h5-6H,1-2,7-8H2,3-4H3. The number of hydrogen-bond donors (Lipinski definition) is 0. The van der Waals surface area contributed by atoms with Gasteiger partial charge in [-0.25, -0.2) is 0 Å². The van der Waals surface area contributed by atoms with E-state index in [1.807, 2.05) is 0 Å². The van der Waals surface area contributed by atoms with Crippen LogP contribution in [0.15, 0.2) is 25.3 Å². The predicted octanol–water partition coefficient (Wildman–Crippen LogP) is 1.47. The molecule has 0 saturated heterocycles. The van der Waals surface area contributed by atoms with Gasteiger partial charge in [0, 0.05) is 0 Å². The van der Waals surface area contributed by atoms with Crippen LogP contribution in [0.2, 0.25) is 0 Å². The summed E-state index contributed by atoms with van der Waals surface area (Å²) in [6, 6.07) is 0. The van der Waals surface area contributed by atoms with E-state index >= 15 is 0 Å². The topological polar surface area (TPSA) is 52.6 Å². The van der Waals surface area contributed by atoms with Crippen LogP contribution >= 0.6 is 0 Å². The van der Waals surface area contributed by atoms with Crippen molar-refractivity contribution in [3.05, 3.63) is 25.3 Å². The highest BCUT2D eigenvalue weighted by molar-refractivity contribution is 6.00. The highest BCUT2D eigenvalue weighted by Crippen LogP contribution is 2.31. The summed E-state index contributed by atoms with van der Waals surface area (Å²) < 4.78 is 9.22. The minimum atomic E-state index is -1.34. The van der Waals surface area contributed by atoms with E-state index in [0.717, 1.165) is 0 Å². The Morgan fingerprint density at radius 1 is 1.07 bits per heavy atom. The van der Waals surface area contributed by atoms with E-state index in [2.05, 4.69) is 22.6 Å². The van der Waals surface area contributed by atoms with E-state index in [0.29, 0.717) is 0 Å². The lowest BCUT2D eigenvalue weighted by Gasteiger charge is -2.25. The summed E-state index contributed by atoms with van der Waals surface area (Å²) >= 11 is 0. The molecule has 0 aliphatic rings. The molecule has 0 amide bonds. The minimum Gasteiger partial charge on any atom is -0.468 e. The number of esters is 2. The second-order valence-corrected chi connectivity index (χ2v) is 3.05. The first kappa shape index (κ1) is 13.4. The fourth-order valence-electron chi connectivity index (χ4n) is 1.38. The fourth-order valence-corrected chi connectivity index (χ4v) is 1.38. The van der Waals surface area contributed by atoms with Gasteiger partial charge in [-0.05, 0) is 12.8 Å². The van der Waals surface area contributed by atoms with Crippen LogP contribution in [0.3, 0.4) is 0 Å². The molecule has 0 aromatic rings. The molecule has 0 rings (SSSR count). The zero-order valence-corrected chi connectivity index (χ0v) is 9.12. The molecule has 0 bridgehead atoms. The van der Waals surface area contributed by atoms with Gasteiger partial charge in [0.05, 0.1) is 14.2 Å². The smallest absolute Gasteiger partial charge is 0.323 e. The number of carbonyl (C=O) groups excluding carboxylic acids is 2. The van der Waals surface area contributed by atoms with Crippen LogP contribution in [-0.2, 0) is 19.1 Å². The summed E-state index contributed by atoms with van der Waals surface area (Å²) in [4.78, 5) is 23.2. The molecule has 0 unspecified atom stereocenters. The van der Waals surface area contributed by atoms with Crippen molar-refractivity contribution in [2.24, 2.45) is 5.41 Å². The minimum absolute atomic E-state index is 0.165. The molecular formula is C11H16O4. The number of rotatable bonds is 6. The van der Waals surface area contributed by atoms with Crippen molar-refractivity contribution >= 4 is 11.9 Å². The van der Waals surface area contributed by atoms with Gasteiger partial charge in [-0.2, -0.15) is 0 Å². The van der Waals surface area contributed by atoms with Crippen LogP contribution < -0.4 is 0 Å². The molecule has 0 spiro atoms.